The Labute approximate surface area is 161 Å². The van der Waals surface area contributed by atoms with Crippen LogP contribution in [0.1, 0.15) is 55.0 Å². The number of aryl methyl sites for hydroxylation is 1. The summed E-state index contributed by atoms with van der Waals surface area (Å²) in [5.41, 5.74) is 2.67. The Bertz CT molecular complexity index is 815. The summed E-state index contributed by atoms with van der Waals surface area (Å²) in [6.45, 7) is 8.14. The molecule has 0 N–H and O–H groups in total. The van der Waals surface area contributed by atoms with Crippen LogP contribution >= 0.6 is 0 Å². The number of hydrogen-bond acceptors (Lipinski definition) is 4. The highest BCUT2D eigenvalue weighted by Crippen LogP contribution is 2.32. The van der Waals surface area contributed by atoms with Gasteiger partial charge in [-0.3, -0.25) is 9.69 Å². The van der Waals surface area contributed by atoms with E-state index < -0.39 is 0 Å². The minimum atomic E-state index is 0.147. The Morgan fingerprint density at radius 1 is 1.15 bits per heavy atom. The predicted molar refractivity (Wildman–Crippen MR) is 104 cm³/mol. The van der Waals surface area contributed by atoms with Crippen molar-refractivity contribution in [2.24, 2.45) is 0 Å². The summed E-state index contributed by atoms with van der Waals surface area (Å²) in [5.74, 6) is 2.26. The summed E-state index contributed by atoms with van der Waals surface area (Å²) in [6.07, 6.45) is 4.38. The van der Waals surface area contributed by atoms with Crippen LogP contribution in [0.15, 0.2) is 24.3 Å². The van der Waals surface area contributed by atoms with Crippen molar-refractivity contribution < 1.29 is 4.79 Å². The lowest BCUT2D eigenvalue weighted by molar-refractivity contribution is -0.128. The molecule has 27 heavy (non-hydrogen) atoms. The van der Waals surface area contributed by atoms with Crippen molar-refractivity contribution in [2.45, 2.75) is 58.7 Å². The number of piperidine rings is 1. The molecular weight excluding hydrogens is 338 g/mol. The summed E-state index contributed by atoms with van der Waals surface area (Å²) >= 11 is 0. The van der Waals surface area contributed by atoms with Gasteiger partial charge in [-0.05, 0) is 31.9 Å². The van der Waals surface area contributed by atoms with Crippen LogP contribution in [0.4, 0.5) is 0 Å². The molecule has 1 aromatic heterocycles. The molecule has 6 nitrogen and oxygen atoms in total. The van der Waals surface area contributed by atoms with Gasteiger partial charge in [0.05, 0.1) is 6.04 Å². The molecule has 0 saturated carbocycles. The third-order valence-electron chi connectivity index (χ3n) is 5.88. The van der Waals surface area contributed by atoms with Gasteiger partial charge < -0.3 is 9.47 Å². The zero-order chi connectivity index (χ0) is 18.8. The van der Waals surface area contributed by atoms with E-state index in [-0.39, 0.29) is 5.91 Å². The third kappa shape index (κ3) is 3.90. The molecule has 2 aliphatic heterocycles. The maximum absolute atomic E-state index is 11.8. The first-order valence-corrected chi connectivity index (χ1v) is 10.1. The fourth-order valence-corrected chi connectivity index (χ4v) is 4.42. The maximum atomic E-state index is 11.8. The number of aromatic nitrogens is 3. The number of nitrogens with zero attached hydrogens (tertiary/aromatic N) is 5. The first-order valence-electron chi connectivity index (χ1n) is 10.1. The van der Waals surface area contributed by atoms with Crippen LogP contribution in [-0.2, 0) is 24.3 Å². The molecule has 144 valence electrons. The van der Waals surface area contributed by atoms with Gasteiger partial charge in [-0.15, -0.1) is 10.2 Å². The van der Waals surface area contributed by atoms with Gasteiger partial charge in [-0.25, -0.2) is 0 Å². The highest BCUT2D eigenvalue weighted by atomic mass is 16.2. The SMILES string of the molecule is CC(=O)N1CCc2nnc([C@H]3CCCCN3Cc3cccc(C)c3)n2CC1. The molecule has 1 amide bonds. The molecule has 0 unspecified atom stereocenters. The van der Waals surface area contributed by atoms with Gasteiger partial charge in [-0.1, -0.05) is 36.2 Å². The summed E-state index contributed by atoms with van der Waals surface area (Å²) < 4.78 is 2.28. The summed E-state index contributed by atoms with van der Waals surface area (Å²) in [5, 5.41) is 9.10. The quantitative estimate of drug-likeness (QED) is 0.837. The molecule has 0 bridgehead atoms. The summed E-state index contributed by atoms with van der Waals surface area (Å²) in [7, 11) is 0. The third-order valence-corrected chi connectivity index (χ3v) is 5.88. The average molecular weight is 367 g/mol. The number of likely N-dealkylation sites (tertiary alicyclic amines) is 1. The molecule has 4 rings (SSSR count). The van der Waals surface area contributed by atoms with Crippen LogP contribution in [-0.4, -0.2) is 50.1 Å². The number of hydrogen-bond donors (Lipinski definition) is 0. The molecule has 3 heterocycles. The van der Waals surface area contributed by atoms with Gasteiger partial charge in [0.15, 0.2) is 0 Å². The summed E-state index contributed by atoms with van der Waals surface area (Å²) in [6, 6.07) is 9.10. The van der Waals surface area contributed by atoms with E-state index in [2.05, 4.69) is 50.9 Å². The maximum Gasteiger partial charge on any atom is 0.219 e. The molecule has 1 fully saturated rings. The number of fused-ring (bicyclic) bond motifs is 1. The average Bonchev–Trinajstić information content (AvgIpc) is 2.92. The summed E-state index contributed by atoms with van der Waals surface area (Å²) in [4.78, 5) is 16.2. The van der Waals surface area contributed by atoms with Gasteiger partial charge in [0.2, 0.25) is 5.91 Å². The molecule has 6 heteroatoms. The highest BCUT2D eigenvalue weighted by molar-refractivity contribution is 5.73. The van der Waals surface area contributed by atoms with Crippen LogP contribution < -0.4 is 0 Å². The van der Waals surface area contributed by atoms with Gasteiger partial charge >= 0.3 is 0 Å². The fraction of sp³-hybridized carbons (Fsp3) is 0.571. The van der Waals surface area contributed by atoms with E-state index in [4.69, 9.17) is 0 Å². The largest absolute Gasteiger partial charge is 0.341 e. The minimum Gasteiger partial charge on any atom is -0.341 e. The Kier molecular flexibility index (Phi) is 5.25. The monoisotopic (exact) mass is 367 g/mol. The Balaban J connectivity index is 1.56. The normalized spacial score (nSPS) is 21.0. The molecule has 1 aromatic carbocycles. The van der Waals surface area contributed by atoms with Crippen molar-refractivity contribution in [2.75, 3.05) is 19.6 Å². The second-order valence-corrected chi connectivity index (χ2v) is 7.85. The number of rotatable bonds is 3. The molecule has 1 atom stereocenters. The molecule has 2 aromatic rings. The Hall–Kier alpha value is -2.21. The topological polar surface area (TPSA) is 54.3 Å². The van der Waals surface area contributed by atoms with E-state index in [0.717, 1.165) is 57.2 Å². The number of amides is 1. The lowest BCUT2D eigenvalue weighted by Gasteiger charge is -2.35. The van der Waals surface area contributed by atoms with Crippen molar-refractivity contribution in [3.05, 3.63) is 47.0 Å². The van der Waals surface area contributed by atoms with Crippen LogP contribution in [0, 0.1) is 6.92 Å². The second kappa shape index (κ2) is 7.80. The van der Waals surface area contributed by atoms with E-state index in [0.29, 0.717) is 6.04 Å². The van der Waals surface area contributed by atoms with Crippen molar-refractivity contribution in [3.63, 3.8) is 0 Å². The predicted octanol–water partition coefficient (Wildman–Crippen LogP) is 2.72. The van der Waals surface area contributed by atoms with E-state index >= 15 is 0 Å². The fourth-order valence-electron chi connectivity index (χ4n) is 4.42. The van der Waals surface area contributed by atoms with Gasteiger partial charge in [0.25, 0.3) is 0 Å². The molecule has 2 aliphatic rings. The Morgan fingerprint density at radius 3 is 2.85 bits per heavy atom. The Morgan fingerprint density at radius 2 is 2.04 bits per heavy atom. The molecule has 1 saturated heterocycles. The highest BCUT2D eigenvalue weighted by Gasteiger charge is 2.30. The van der Waals surface area contributed by atoms with Crippen LogP contribution in [0.2, 0.25) is 0 Å². The second-order valence-electron chi connectivity index (χ2n) is 7.85. The van der Waals surface area contributed by atoms with Gasteiger partial charge in [0.1, 0.15) is 11.6 Å². The van der Waals surface area contributed by atoms with E-state index in [1.165, 1.54) is 24.0 Å². The van der Waals surface area contributed by atoms with Crippen molar-refractivity contribution >= 4 is 5.91 Å². The van der Waals surface area contributed by atoms with Crippen molar-refractivity contribution in [1.29, 1.82) is 0 Å². The molecule has 0 aliphatic carbocycles. The first-order chi connectivity index (χ1) is 13.1. The lowest BCUT2D eigenvalue weighted by Crippen LogP contribution is -2.35. The molecular formula is C21H29N5O. The van der Waals surface area contributed by atoms with Crippen LogP contribution in [0.3, 0.4) is 0 Å². The molecule has 0 radical (unpaired) electrons. The zero-order valence-corrected chi connectivity index (χ0v) is 16.4. The van der Waals surface area contributed by atoms with E-state index in [9.17, 15) is 4.79 Å². The number of carbonyl (C=O) groups excluding carboxylic acids is 1. The zero-order valence-electron chi connectivity index (χ0n) is 16.4. The number of carbonyl (C=O) groups is 1. The van der Waals surface area contributed by atoms with Crippen molar-refractivity contribution in [3.8, 4) is 0 Å². The van der Waals surface area contributed by atoms with Gasteiger partial charge in [-0.2, -0.15) is 0 Å². The first kappa shape index (κ1) is 18.2. The van der Waals surface area contributed by atoms with E-state index in [1.54, 1.807) is 6.92 Å². The smallest absolute Gasteiger partial charge is 0.219 e. The standard InChI is InChI=1S/C21H29N5O/c1-16-6-5-7-18(14-16)15-25-10-4-3-8-19(25)21-23-22-20-9-11-24(17(2)27)12-13-26(20)21/h5-7,14,19H,3-4,8-13,15H2,1-2H3/t19-/m1/s1. The van der Waals surface area contributed by atoms with Crippen LogP contribution in [0.5, 0.6) is 0 Å². The minimum absolute atomic E-state index is 0.147. The van der Waals surface area contributed by atoms with Crippen LogP contribution in [0.25, 0.3) is 0 Å². The molecule has 0 spiro atoms. The van der Waals surface area contributed by atoms with Gasteiger partial charge in [0, 0.05) is 39.5 Å². The lowest BCUT2D eigenvalue weighted by atomic mass is 10.00. The van der Waals surface area contributed by atoms with Crippen molar-refractivity contribution in [1.82, 2.24) is 24.6 Å². The number of benzene rings is 1. The van der Waals surface area contributed by atoms with E-state index in [1.807, 2.05) is 4.90 Å².